The highest BCUT2D eigenvalue weighted by atomic mass is 16.4. The molecule has 1 heterocycles. The predicted octanol–water partition coefficient (Wildman–Crippen LogP) is -0.392. The van der Waals surface area contributed by atoms with Crippen LogP contribution >= 0.6 is 0 Å². The van der Waals surface area contributed by atoms with Gasteiger partial charge in [0.1, 0.15) is 5.76 Å². The normalized spacial score (nSPS) is 12.2. The summed E-state index contributed by atoms with van der Waals surface area (Å²) < 4.78 is 5.28. The molecule has 0 saturated carbocycles. The van der Waals surface area contributed by atoms with Gasteiger partial charge in [0.05, 0.1) is 12.6 Å². The van der Waals surface area contributed by atoms with Crippen molar-refractivity contribution in [3.8, 4) is 0 Å². The molecule has 0 fully saturated rings. The van der Waals surface area contributed by atoms with Gasteiger partial charge >= 0.3 is 0 Å². The first-order chi connectivity index (χ1) is 7.95. The van der Waals surface area contributed by atoms with Crippen molar-refractivity contribution in [1.29, 1.82) is 0 Å². The molecule has 0 aliphatic carbocycles. The lowest BCUT2D eigenvalue weighted by molar-refractivity contribution is -0.117. The Morgan fingerprint density at radius 1 is 1.53 bits per heavy atom. The zero-order valence-electron chi connectivity index (χ0n) is 9.82. The molecule has 0 spiro atoms. The summed E-state index contributed by atoms with van der Waals surface area (Å²) in [6.45, 7) is 3.26. The van der Waals surface area contributed by atoms with E-state index in [0.717, 1.165) is 0 Å². The van der Waals surface area contributed by atoms with Gasteiger partial charge in [0.2, 0.25) is 11.8 Å². The van der Waals surface area contributed by atoms with Gasteiger partial charge in [-0.15, -0.1) is 0 Å². The van der Waals surface area contributed by atoms with Crippen molar-refractivity contribution in [2.75, 3.05) is 6.54 Å². The maximum Gasteiger partial charge on any atom is 0.273 e. The Labute approximate surface area is 98.6 Å². The lowest BCUT2D eigenvalue weighted by atomic mass is 10.2. The van der Waals surface area contributed by atoms with Gasteiger partial charge in [-0.2, -0.15) is 0 Å². The Morgan fingerprint density at radius 2 is 2.18 bits per heavy atom. The quantitative estimate of drug-likeness (QED) is 0.646. The lowest BCUT2D eigenvalue weighted by Gasteiger charge is -2.01. The van der Waals surface area contributed by atoms with E-state index in [0.29, 0.717) is 18.1 Å². The molecule has 0 aliphatic heterocycles. The molecule has 2 amide bonds. The van der Waals surface area contributed by atoms with Gasteiger partial charge in [0.15, 0.2) is 5.69 Å². The van der Waals surface area contributed by atoms with Crippen LogP contribution in [0.2, 0.25) is 0 Å². The molecule has 7 nitrogen and oxygen atoms in total. The highest BCUT2D eigenvalue weighted by Gasteiger charge is 2.19. The van der Waals surface area contributed by atoms with E-state index in [-0.39, 0.29) is 18.3 Å². The third-order valence-electron chi connectivity index (χ3n) is 2.21. The third-order valence-corrected chi connectivity index (χ3v) is 2.21. The molecular formula is C10H16N4O3. The van der Waals surface area contributed by atoms with Gasteiger partial charge in [0.25, 0.3) is 5.91 Å². The fourth-order valence-electron chi connectivity index (χ4n) is 1.21. The summed E-state index contributed by atoms with van der Waals surface area (Å²) in [5, 5.41) is 2.33. The largest absolute Gasteiger partial charge is 0.443 e. The summed E-state index contributed by atoms with van der Waals surface area (Å²) >= 11 is 0. The van der Waals surface area contributed by atoms with Crippen LogP contribution in [0.4, 0.5) is 0 Å². The summed E-state index contributed by atoms with van der Waals surface area (Å²) in [7, 11) is 0. The smallest absolute Gasteiger partial charge is 0.273 e. The molecular weight excluding hydrogens is 224 g/mol. The molecule has 1 aromatic heterocycles. The topological polar surface area (TPSA) is 124 Å². The molecule has 0 radical (unpaired) electrons. The number of nitrogens with one attached hydrogen (secondary N) is 1. The van der Waals surface area contributed by atoms with Crippen LogP contribution in [0.25, 0.3) is 0 Å². The van der Waals surface area contributed by atoms with Gasteiger partial charge in [-0.1, -0.05) is 6.92 Å². The maximum atomic E-state index is 11.6. The highest BCUT2D eigenvalue weighted by Crippen LogP contribution is 2.16. The van der Waals surface area contributed by atoms with Crippen LogP contribution in [0.5, 0.6) is 0 Å². The first-order valence-corrected chi connectivity index (χ1v) is 5.25. The number of amides is 2. The number of rotatable bonds is 5. The Bertz CT molecular complexity index is 427. The number of primary amides is 1. The number of carbonyl (C=O) groups excluding carboxylic acids is 2. The van der Waals surface area contributed by atoms with Crippen molar-refractivity contribution in [2.45, 2.75) is 26.3 Å². The molecule has 0 aromatic carbocycles. The van der Waals surface area contributed by atoms with Crippen molar-refractivity contribution >= 4 is 11.8 Å². The Kier molecular flexibility index (Phi) is 4.22. The van der Waals surface area contributed by atoms with E-state index in [2.05, 4.69) is 10.3 Å². The summed E-state index contributed by atoms with van der Waals surface area (Å²) in [6, 6.07) is -0.341. The first-order valence-electron chi connectivity index (χ1n) is 5.25. The van der Waals surface area contributed by atoms with E-state index < -0.39 is 11.8 Å². The van der Waals surface area contributed by atoms with Crippen molar-refractivity contribution in [2.24, 2.45) is 11.5 Å². The number of hydrogen-bond donors (Lipinski definition) is 3. The van der Waals surface area contributed by atoms with Crippen LogP contribution in [-0.4, -0.2) is 23.3 Å². The van der Waals surface area contributed by atoms with Crippen LogP contribution in [0.1, 0.15) is 41.5 Å². The zero-order chi connectivity index (χ0) is 13.0. The van der Waals surface area contributed by atoms with Crippen LogP contribution in [0, 0.1) is 6.92 Å². The second-order valence-electron chi connectivity index (χ2n) is 3.62. The SMILES string of the molecule is CCC(N)c1nc(C(=O)NCC(N)=O)c(C)o1. The second-order valence-corrected chi connectivity index (χ2v) is 3.62. The fraction of sp³-hybridized carbons (Fsp3) is 0.500. The number of nitrogens with zero attached hydrogens (tertiary/aromatic N) is 1. The van der Waals surface area contributed by atoms with Crippen molar-refractivity contribution in [3.63, 3.8) is 0 Å². The number of carbonyl (C=O) groups is 2. The number of hydrogen-bond acceptors (Lipinski definition) is 5. The first kappa shape index (κ1) is 13.2. The van der Waals surface area contributed by atoms with Crippen molar-refractivity contribution < 1.29 is 14.0 Å². The van der Waals surface area contributed by atoms with E-state index in [1.165, 1.54) is 0 Å². The Morgan fingerprint density at radius 3 is 2.71 bits per heavy atom. The number of aryl methyl sites for hydroxylation is 1. The molecule has 0 bridgehead atoms. The van der Waals surface area contributed by atoms with E-state index >= 15 is 0 Å². The van der Waals surface area contributed by atoms with Crippen LogP contribution in [0.15, 0.2) is 4.42 Å². The standard InChI is InChI=1S/C10H16N4O3/c1-3-6(11)10-14-8(5(2)17-10)9(16)13-4-7(12)15/h6H,3-4,11H2,1-2H3,(H2,12,15)(H,13,16). The van der Waals surface area contributed by atoms with Crippen LogP contribution in [0.3, 0.4) is 0 Å². The number of oxazole rings is 1. The zero-order valence-corrected chi connectivity index (χ0v) is 9.82. The monoisotopic (exact) mass is 240 g/mol. The molecule has 1 atom stereocenters. The van der Waals surface area contributed by atoms with Crippen molar-refractivity contribution in [1.82, 2.24) is 10.3 Å². The summed E-state index contributed by atoms with van der Waals surface area (Å²) in [6.07, 6.45) is 0.655. The fourth-order valence-corrected chi connectivity index (χ4v) is 1.21. The number of nitrogens with two attached hydrogens (primary N) is 2. The second kappa shape index (κ2) is 5.44. The average molecular weight is 240 g/mol. The van der Waals surface area contributed by atoms with Gasteiger partial charge in [-0.05, 0) is 13.3 Å². The van der Waals surface area contributed by atoms with Crippen LogP contribution in [-0.2, 0) is 4.79 Å². The summed E-state index contributed by atoms with van der Waals surface area (Å²) in [4.78, 5) is 26.1. The minimum atomic E-state index is -0.620. The van der Waals surface area contributed by atoms with Gasteiger partial charge in [-0.3, -0.25) is 9.59 Å². The molecule has 1 unspecified atom stereocenters. The van der Waals surface area contributed by atoms with Crippen molar-refractivity contribution in [3.05, 3.63) is 17.3 Å². The van der Waals surface area contributed by atoms with E-state index in [9.17, 15) is 9.59 Å². The Hall–Kier alpha value is -1.89. The average Bonchev–Trinajstić information content (AvgIpc) is 2.67. The van der Waals surface area contributed by atoms with E-state index in [1.54, 1.807) is 6.92 Å². The minimum absolute atomic E-state index is 0.130. The van der Waals surface area contributed by atoms with Crippen LogP contribution < -0.4 is 16.8 Å². The summed E-state index contributed by atoms with van der Waals surface area (Å²) in [5.41, 5.74) is 10.8. The van der Waals surface area contributed by atoms with E-state index in [4.69, 9.17) is 15.9 Å². The molecule has 1 rings (SSSR count). The molecule has 0 saturated heterocycles. The highest BCUT2D eigenvalue weighted by molar-refractivity contribution is 5.95. The molecule has 0 aliphatic rings. The van der Waals surface area contributed by atoms with Gasteiger partial charge in [0, 0.05) is 0 Å². The summed E-state index contributed by atoms with van der Waals surface area (Å²) in [5.74, 6) is -0.440. The third kappa shape index (κ3) is 3.28. The molecule has 1 aromatic rings. The molecule has 5 N–H and O–H groups in total. The van der Waals surface area contributed by atoms with E-state index in [1.807, 2.05) is 6.92 Å². The maximum absolute atomic E-state index is 11.6. The Balaban J connectivity index is 2.80. The minimum Gasteiger partial charge on any atom is -0.443 e. The lowest BCUT2D eigenvalue weighted by Crippen LogP contribution is -2.33. The molecule has 94 valence electrons. The van der Waals surface area contributed by atoms with Gasteiger partial charge < -0.3 is 21.2 Å². The number of aromatic nitrogens is 1. The predicted molar refractivity (Wildman–Crippen MR) is 60.0 cm³/mol. The molecule has 17 heavy (non-hydrogen) atoms. The molecule has 7 heteroatoms. The van der Waals surface area contributed by atoms with Gasteiger partial charge in [-0.25, -0.2) is 4.98 Å².